The third kappa shape index (κ3) is 2.79. The highest BCUT2D eigenvalue weighted by Gasteiger charge is 2.07. The van der Waals surface area contributed by atoms with Gasteiger partial charge >= 0.3 is 0 Å². The molecular formula is C10H11BrN4. The second kappa shape index (κ2) is 4.44. The van der Waals surface area contributed by atoms with Crippen LogP contribution in [0.1, 0.15) is 0 Å². The molecule has 1 N–H and O–H groups in total. The number of allylic oxidation sites excluding steroid dienone is 2. The van der Waals surface area contributed by atoms with Crippen molar-refractivity contribution in [3.05, 3.63) is 41.0 Å². The first-order valence-corrected chi connectivity index (χ1v) is 5.34. The summed E-state index contributed by atoms with van der Waals surface area (Å²) in [5.41, 5.74) is 1.10. The first kappa shape index (κ1) is 10.2. The van der Waals surface area contributed by atoms with Crippen molar-refractivity contribution in [2.24, 2.45) is 0 Å². The minimum absolute atomic E-state index is 0.812. The van der Waals surface area contributed by atoms with Crippen molar-refractivity contribution in [2.45, 2.75) is 0 Å². The van der Waals surface area contributed by atoms with Crippen molar-refractivity contribution in [3.8, 4) is 0 Å². The summed E-state index contributed by atoms with van der Waals surface area (Å²) in [6.45, 7) is 0.846. The predicted molar refractivity (Wildman–Crippen MR) is 63.4 cm³/mol. The van der Waals surface area contributed by atoms with Crippen molar-refractivity contribution < 1.29 is 0 Å². The fourth-order valence-corrected chi connectivity index (χ4v) is 2.00. The van der Waals surface area contributed by atoms with Gasteiger partial charge in [0.1, 0.15) is 12.1 Å². The fourth-order valence-electron chi connectivity index (χ4n) is 1.38. The number of hydrogen-bond acceptors (Lipinski definition) is 4. The van der Waals surface area contributed by atoms with E-state index in [9.17, 15) is 0 Å². The Morgan fingerprint density at radius 1 is 1.53 bits per heavy atom. The van der Waals surface area contributed by atoms with Crippen LogP contribution in [0.3, 0.4) is 0 Å². The number of nitrogens with zero attached hydrogens (tertiary/aromatic N) is 3. The van der Waals surface area contributed by atoms with Crippen LogP contribution in [-0.2, 0) is 0 Å². The van der Waals surface area contributed by atoms with Crippen LogP contribution in [-0.4, -0.2) is 28.5 Å². The molecule has 0 amide bonds. The van der Waals surface area contributed by atoms with Crippen LogP contribution in [0.5, 0.6) is 0 Å². The van der Waals surface area contributed by atoms with Gasteiger partial charge in [0.25, 0.3) is 0 Å². The van der Waals surface area contributed by atoms with Crippen LogP contribution in [0.4, 0.5) is 5.82 Å². The maximum absolute atomic E-state index is 4.11. The van der Waals surface area contributed by atoms with Gasteiger partial charge in [-0.1, -0.05) is 0 Å². The van der Waals surface area contributed by atoms with E-state index in [4.69, 9.17) is 0 Å². The Labute approximate surface area is 96.9 Å². The molecule has 2 rings (SSSR count). The Morgan fingerprint density at radius 2 is 2.40 bits per heavy atom. The summed E-state index contributed by atoms with van der Waals surface area (Å²) in [6.07, 6.45) is 7.32. The Bertz CT molecular complexity index is 399. The summed E-state index contributed by atoms with van der Waals surface area (Å²) < 4.78 is 1.05. The average Bonchev–Trinajstić information content (AvgIpc) is 2.17. The van der Waals surface area contributed by atoms with Crippen LogP contribution in [0.2, 0.25) is 0 Å². The fraction of sp³-hybridized carbons (Fsp3) is 0.200. The van der Waals surface area contributed by atoms with Crippen LogP contribution in [0.25, 0.3) is 0 Å². The molecule has 0 bridgehead atoms. The van der Waals surface area contributed by atoms with Gasteiger partial charge in [0.05, 0.1) is 6.54 Å². The van der Waals surface area contributed by atoms with Gasteiger partial charge in [-0.15, -0.1) is 0 Å². The Kier molecular flexibility index (Phi) is 3.01. The summed E-state index contributed by atoms with van der Waals surface area (Å²) in [5.74, 6) is 0.812. The van der Waals surface area contributed by atoms with Gasteiger partial charge in [0.2, 0.25) is 0 Å². The number of likely N-dealkylation sites (N-methyl/N-ethyl adjacent to an activating group) is 1. The Morgan fingerprint density at radius 3 is 3.07 bits per heavy atom. The van der Waals surface area contributed by atoms with Gasteiger partial charge in [-0.25, -0.2) is 9.97 Å². The standard InChI is InChI=1S/C10H11BrN4/c1-15-5-8(11)4-9(6-15)14-10-2-3-12-7-13-10/h2-5,7H,6H2,1H3,(H,12,13,14). The highest BCUT2D eigenvalue weighted by Crippen LogP contribution is 2.18. The lowest BCUT2D eigenvalue weighted by atomic mass is 10.3. The third-order valence-corrected chi connectivity index (χ3v) is 2.38. The maximum atomic E-state index is 4.11. The Hall–Kier alpha value is -1.36. The summed E-state index contributed by atoms with van der Waals surface area (Å²) in [5, 5.41) is 3.24. The normalized spacial score (nSPS) is 15.7. The van der Waals surface area contributed by atoms with E-state index in [1.807, 2.05) is 25.4 Å². The molecule has 0 fully saturated rings. The molecule has 0 radical (unpaired) electrons. The van der Waals surface area contributed by atoms with Crippen molar-refractivity contribution in [3.63, 3.8) is 0 Å². The van der Waals surface area contributed by atoms with Gasteiger partial charge in [0.15, 0.2) is 0 Å². The molecule has 1 aromatic heterocycles. The minimum atomic E-state index is 0.812. The molecule has 2 heterocycles. The lowest BCUT2D eigenvalue weighted by Crippen LogP contribution is -2.22. The topological polar surface area (TPSA) is 41.0 Å². The number of hydrogen-bond donors (Lipinski definition) is 1. The van der Waals surface area contributed by atoms with E-state index in [0.29, 0.717) is 0 Å². The molecule has 15 heavy (non-hydrogen) atoms. The van der Waals surface area contributed by atoms with Crippen molar-refractivity contribution >= 4 is 21.7 Å². The molecule has 0 saturated heterocycles. The van der Waals surface area contributed by atoms with E-state index < -0.39 is 0 Å². The van der Waals surface area contributed by atoms with E-state index in [1.54, 1.807) is 6.20 Å². The van der Waals surface area contributed by atoms with Crippen molar-refractivity contribution in [1.82, 2.24) is 14.9 Å². The largest absolute Gasteiger partial charge is 0.374 e. The molecule has 0 aromatic carbocycles. The lowest BCUT2D eigenvalue weighted by Gasteiger charge is -2.22. The molecule has 1 aliphatic rings. The molecule has 0 unspecified atom stereocenters. The lowest BCUT2D eigenvalue weighted by molar-refractivity contribution is 0.491. The van der Waals surface area contributed by atoms with Gasteiger partial charge in [-0.3, -0.25) is 0 Å². The Balaban J connectivity index is 2.11. The summed E-state index contributed by atoms with van der Waals surface area (Å²) in [4.78, 5) is 10.1. The van der Waals surface area contributed by atoms with Crippen LogP contribution in [0, 0.1) is 0 Å². The number of halogens is 1. The zero-order valence-corrected chi connectivity index (χ0v) is 9.90. The number of aromatic nitrogens is 2. The first-order chi connectivity index (χ1) is 7.24. The highest BCUT2D eigenvalue weighted by molar-refractivity contribution is 9.11. The molecule has 78 valence electrons. The van der Waals surface area contributed by atoms with Crippen molar-refractivity contribution in [2.75, 3.05) is 18.9 Å². The summed E-state index contributed by atoms with van der Waals surface area (Å²) >= 11 is 3.45. The molecular weight excluding hydrogens is 256 g/mol. The molecule has 0 atom stereocenters. The van der Waals surface area contributed by atoms with E-state index >= 15 is 0 Å². The van der Waals surface area contributed by atoms with E-state index in [2.05, 4.69) is 36.1 Å². The quantitative estimate of drug-likeness (QED) is 0.889. The SMILES string of the molecule is CN1C=C(Br)C=C(Nc2ccncn2)C1. The summed E-state index contributed by atoms with van der Waals surface area (Å²) in [7, 11) is 2.02. The van der Waals surface area contributed by atoms with E-state index in [1.165, 1.54) is 6.33 Å². The maximum Gasteiger partial charge on any atom is 0.133 e. The second-order valence-corrected chi connectivity index (χ2v) is 4.23. The first-order valence-electron chi connectivity index (χ1n) is 4.55. The van der Waals surface area contributed by atoms with E-state index in [-0.39, 0.29) is 0 Å². The number of nitrogens with one attached hydrogen (secondary N) is 1. The van der Waals surface area contributed by atoms with Gasteiger partial charge in [-0.05, 0) is 28.1 Å². The number of rotatable bonds is 2. The molecule has 5 heteroatoms. The van der Waals surface area contributed by atoms with Crippen molar-refractivity contribution in [1.29, 1.82) is 0 Å². The predicted octanol–water partition coefficient (Wildman–Crippen LogP) is 1.95. The second-order valence-electron chi connectivity index (χ2n) is 3.32. The molecule has 4 nitrogen and oxygen atoms in total. The molecule has 0 saturated carbocycles. The van der Waals surface area contributed by atoms with Gasteiger partial charge < -0.3 is 10.2 Å². The number of anilines is 1. The monoisotopic (exact) mass is 266 g/mol. The smallest absolute Gasteiger partial charge is 0.133 e. The van der Waals surface area contributed by atoms with Gasteiger partial charge in [-0.2, -0.15) is 0 Å². The molecule has 0 aliphatic carbocycles. The van der Waals surface area contributed by atoms with E-state index in [0.717, 1.165) is 22.5 Å². The highest BCUT2D eigenvalue weighted by atomic mass is 79.9. The van der Waals surface area contributed by atoms with Gasteiger partial charge in [0, 0.05) is 29.6 Å². The zero-order chi connectivity index (χ0) is 10.7. The molecule has 1 aliphatic heterocycles. The third-order valence-electron chi connectivity index (χ3n) is 1.95. The van der Waals surface area contributed by atoms with Crippen LogP contribution < -0.4 is 5.32 Å². The average molecular weight is 267 g/mol. The molecule has 1 aromatic rings. The zero-order valence-electron chi connectivity index (χ0n) is 8.31. The minimum Gasteiger partial charge on any atom is -0.374 e. The summed E-state index contributed by atoms with van der Waals surface area (Å²) in [6, 6.07) is 1.84. The molecule has 0 spiro atoms. The van der Waals surface area contributed by atoms with Crippen LogP contribution in [0.15, 0.2) is 41.0 Å². The van der Waals surface area contributed by atoms with Crippen LogP contribution >= 0.6 is 15.9 Å².